The van der Waals surface area contributed by atoms with Crippen LogP contribution in [0.1, 0.15) is 30.9 Å². The van der Waals surface area contributed by atoms with E-state index in [4.69, 9.17) is 11.6 Å². The molecule has 0 radical (unpaired) electrons. The minimum Gasteiger partial charge on any atom is -0.343 e. The molecular weight excluding hydrogens is 354 g/mol. The molecule has 1 saturated heterocycles. The maximum absolute atomic E-state index is 6.39. The smallest absolute Gasteiger partial charge is 0.0491 e. The van der Waals surface area contributed by atoms with Crippen LogP contribution in [0.25, 0.3) is 10.9 Å². The van der Waals surface area contributed by atoms with Crippen molar-refractivity contribution >= 4 is 22.5 Å². The fraction of sp³-hybridized carbons (Fsp3) is 0.391. The van der Waals surface area contributed by atoms with Crippen LogP contribution < -0.4 is 5.32 Å². The fourth-order valence-corrected chi connectivity index (χ4v) is 4.52. The average molecular weight is 382 g/mol. The zero-order valence-corrected chi connectivity index (χ0v) is 16.8. The third kappa shape index (κ3) is 4.06. The molecule has 1 fully saturated rings. The van der Waals surface area contributed by atoms with Gasteiger partial charge in [-0.25, -0.2) is 0 Å². The molecule has 1 aliphatic rings. The summed E-state index contributed by atoms with van der Waals surface area (Å²) in [6, 6.07) is 17.5. The zero-order chi connectivity index (χ0) is 18.6. The van der Waals surface area contributed by atoms with Gasteiger partial charge >= 0.3 is 0 Å². The van der Waals surface area contributed by atoms with Crippen LogP contribution >= 0.6 is 11.6 Å². The maximum Gasteiger partial charge on any atom is 0.0491 e. The van der Waals surface area contributed by atoms with Crippen LogP contribution in [0.2, 0.25) is 5.02 Å². The fourth-order valence-electron chi connectivity index (χ4n) is 4.32. The van der Waals surface area contributed by atoms with E-state index in [1.54, 1.807) is 0 Å². The third-order valence-electron chi connectivity index (χ3n) is 5.77. The second-order valence-corrected chi connectivity index (χ2v) is 7.85. The number of likely N-dealkylation sites (tertiary alicyclic amines) is 1. The highest BCUT2D eigenvalue weighted by atomic mass is 35.5. The summed E-state index contributed by atoms with van der Waals surface area (Å²) >= 11 is 6.39. The summed E-state index contributed by atoms with van der Waals surface area (Å²) in [5.41, 5.74) is 3.79. The maximum atomic E-state index is 6.39. The molecule has 1 aromatic heterocycles. The number of aromatic nitrogens is 1. The summed E-state index contributed by atoms with van der Waals surface area (Å²) in [7, 11) is 0. The summed E-state index contributed by atoms with van der Waals surface area (Å²) in [5.74, 6) is 0. The lowest BCUT2D eigenvalue weighted by Gasteiger charge is -2.22. The Balaban J connectivity index is 1.51. The van der Waals surface area contributed by atoms with Gasteiger partial charge in [0, 0.05) is 47.8 Å². The predicted octanol–water partition coefficient (Wildman–Crippen LogP) is 4.92. The molecule has 2 aromatic carbocycles. The Bertz CT molecular complexity index is 902. The van der Waals surface area contributed by atoms with Crippen molar-refractivity contribution in [3.63, 3.8) is 0 Å². The lowest BCUT2D eigenvalue weighted by atomic mass is 10.1. The number of fused-ring (bicyclic) bond motifs is 1. The first kappa shape index (κ1) is 18.5. The van der Waals surface area contributed by atoms with Gasteiger partial charge in [0.15, 0.2) is 0 Å². The molecule has 0 saturated carbocycles. The van der Waals surface area contributed by atoms with Gasteiger partial charge in [0.25, 0.3) is 0 Å². The second kappa shape index (κ2) is 8.47. The van der Waals surface area contributed by atoms with Gasteiger partial charge in [0.1, 0.15) is 0 Å². The Morgan fingerprint density at radius 2 is 1.89 bits per heavy atom. The molecule has 1 atom stereocenters. The molecule has 2 heterocycles. The lowest BCUT2D eigenvalue weighted by molar-refractivity contribution is 0.260. The van der Waals surface area contributed by atoms with Gasteiger partial charge in [-0.2, -0.15) is 0 Å². The number of halogens is 1. The number of hydrogen-bond acceptors (Lipinski definition) is 2. The average Bonchev–Trinajstić information content (AvgIpc) is 3.29. The van der Waals surface area contributed by atoms with E-state index in [0.717, 1.165) is 36.8 Å². The Morgan fingerprint density at radius 3 is 2.74 bits per heavy atom. The van der Waals surface area contributed by atoms with Crippen molar-refractivity contribution in [3.8, 4) is 0 Å². The van der Waals surface area contributed by atoms with Crippen molar-refractivity contribution in [1.82, 2.24) is 14.8 Å². The minimum atomic E-state index is 0.687. The Morgan fingerprint density at radius 1 is 1.07 bits per heavy atom. The van der Waals surface area contributed by atoms with Crippen LogP contribution in [-0.2, 0) is 13.1 Å². The van der Waals surface area contributed by atoms with Gasteiger partial charge in [0.2, 0.25) is 0 Å². The van der Waals surface area contributed by atoms with Crippen molar-refractivity contribution in [2.24, 2.45) is 0 Å². The first-order chi connectivity index (χ1) is 13.3. The molecule has 3 nitrogen and oxygen atoms in total. The predicted molar refractivity (Wildman–Crippen MR) is 114 cm³/mol. The van der Waals surface area contributed by atoms with Crippen LogP contribution in [0.4, 0.5) is 0 Å². The number of nitrogens with zero attached hydrogens (tertiary/aromatic N) is 2. The van der Waals surface area contributed by atoms with Gasteiger partial charge < -0.3 is 9.88 Å². The van der Waals surface area contributed by atoms with Crippen molar-refractivity contribution in [2.45, 2.75) is 38.9 Å². The minimum absolute atomic E-state index is 0.687. The first-order valence-electron chi connectivity index (χ1n) is 10.0. The quantitative estimate of drug-likeness (QED) is 0.627. The first-order valence-corrected chi connectivity index (χ1v) is 10.4. The van der Waals surface area contributed by atoms with E-state index in [2.05, 4.69) is 64.3 Å². The van der Waals surface area contributed by atoms with Gasteiger partial charge in [-0.3, -0.25) is 4.90 Å². The second-order valence-electron chi connectivity index (χ2n) is 7.45. The van der Waals surface area contributed by atoms with Crippen molar-refractivity contribution in [3.05, 3.63) is 70.9 Å². The molecule has 1 N–H and O–H groups in total. The summed E-state index contributed by atoms with van der Waals surface area (Å²) in [6.07, 6.45) is 4.93. The molecule has 1 unspecified atom stereocenters. The molecule has 1 aliphatic heterocycles. The van der Waals surface area contributed by atoms with E-state index in [1.807, 2.05) is 12.1 Å². The molecule has 4 rings (SSSR count). The van der Waals surface area contributed by atoms with Crippen molar-refractivity contribution in [1.29, 1.82) is 0 Å². The van der Waals surface area contributed by atoms with E-state index >= 15 is 0 Å². The SMILES string of the molecule is CCN1CCCC1CNCc1cn(Cc2ccccc2Cl)c2ccccc12. The van der Waals surface area contributed by atoms with Crippen molar-refractivity contribution in [2.75, 3.05) is 19.6 Å². The number of likely N-dealkylation sites (N-methyl/N-ethyl adjacent to an activating group) is 1. The molecule has 0 spiro atoms. The highest BCUT2D eigenvalue weighted by Crippen LogP contribution is 2.24. The summed E-state index contributed by atoms with van der Waals surface area (Å²) < 4.78 is 2.32. The van der Waals surface area contributed by atoms with E-state index in [-0.39, 0.29) is 0 Å². The monoisotopic (exact) mass is 381 g/mol. The van der Waals surface area contributed by atoms with Crippen LogP contribution in [0.5, 0.6) is 0 Å². The summed E-state index contributed by atoms with van der Waals surface area (Å²) in [5, 5.41) is 5.87. The normalized spacial score (nSPS) is 17.8. The molecule has 3 aromatic rings. The third-order valence-corrected chi connectivity index (χ3v) is 6.14. The highest BCUT2D eigenvalue weighted by molar-refractivity contribution is 6.31. The number of nitrogens with one attached hydrogen (secondary N) is 1. The zero-order valence-electron chi connectivity index (χ0n) is 16.0. The summed E-state index contributed by atoms with van der Waals surface area (Å²) in [6.45, 7) is 7.44. The molecule has 4 heteroatoms. The number of hydrogen-bond donors (Lipinski definition) is 1. The van der Waals surface area contributed by atoms with Gasteiger partial charge in [-0.15, -0.1) is 0 Å². The largest absolute Gasteiger partial charge is 0.343 e. The van der Waals surface area contributed by atoms with Crippen LogP contribution in [0, 0.1) is 0 Å². The number of para-hydroxylation sites is 1. The number of rotatable bonds is 7. The lowest BCUT2D eigenvalue weighted by Crippen LogP contribution is -2.37. The van der Waals surface area contributed by atoms with E-state index in [9.17, 15) is 0 Å². The molecule has 27 heavy (non-hydrogen) atoms. The van der Waals surface area contributed by atoms with E-state index in [1.165, 1.54) is 35.9 Å². The molecule has 0 amide bonds. The molecular formula is C23H28ClN3. The Kier molecular flexibility index (Phi) is 5.82. The number of benzene rings is 2. The van der Waals surface area contributed by atoms with Gasteiger partial charge in [-0.1, -0.05) is 54.9 Å². The summed E-state index contributed by atoms with van der Waals surface area (Å²) in [4.78, 5) is 2.59. The topological polar surface area (TPSA) is 20.2 Å². The van der Waals surface area contributed by atoms with Crippen LogP contribution in [0.15, 0.2) is 54.7 Å². The van der Waals surface area contributed by atoms with Crippen LogP contribution in [-0.4, -0.2) is 35.1 Å². The van der Waals surface area contributed by atoms with E-state index < -0.39 is 0 Å². The van der Waals surface area contributed by atoms with Gasteiger partial charge in [-0.05, 0) is 49.2 Å². The Hall–Kier alpha value is -1.81. The van der Waals surface area contributed by atoms with Crippen molar-refractivity contribution < 1.29 is 0 Å². The highest BCUT2D eigenvalue weighted by Gasteiger charge is 2.22. The standard InChI is InChI=1S/C23H28ClN3/c1-2-26-13-7-9-20(26)15-25-14-19-17-27(23-12-6-4-10-21(19)23)16-18-8-3-5-11-22(18)24/h3-6,8,10-12,17,20,25H,2,7,9,13-16H2,1H3. The molecule has 0 bridgehead atoms. The van der Waals surface area contributed by atoms with Gasteiger partial charge in [0.05, 0.1) is 0 Å². The molecule has 142 valence electrons. The van der Waals surface area contributed by atoms with Crippen LogP contribution in [0.3, 0.4) is 0 Å². The Labute approximate surface area is 166 Å². The molecule has 0 aliphatic carbocycles. The van der Waals surface area contributed by atoms with E-state index in [0.29, 0.717) is 6.04 Å².